The van der Waals surface area contributed by atoms with Gasteiger partial charge in [0.2, 0.25) is 0 Å². The summed E-state index contributed by atoms with van der Waals surface area (Å²) < 4.78 is 23.2. The van der Waals surface area contributed by atoms with E-state index in [1.807, 2.05) is 24.3 Å². The van der Waals surface area contributed by atoms with Gasteiger partial charge in [0, 0.05) is 29.6 Å². The third-order valence-electron chi connectivity index (χ3n) is 5.45. The van der Waals surface area contributed by atoms with Crippen molar-refractivity contribution in [1.29, 1.82) is 0 Å². The molecule has 2 aromatic heterocycles. The number of para-hydroxylation sites is 1. The molecule has 0 aliphatic rings. The summed E-state index contributed by atoms with van der Waals surface area (Å²) in [5, 5.41) is 2.54. The molecule has 1 amide bonds. The number of nitrogens with zero attached hydrogens (tertiary/aromatic N) is 3. The molecule has 2 heterocycles. The van der Waals surface area contributed by atoms with Gasteiger partial charge in [-0.25, -0.2) is 14.4 Å². The molecule has 0 aliphatic heterocycles. The van der Waals surface area contributed by atoms with E-state index in [-0.39, 0.29) is 22.4 Å². The fourth-order valence-electron chi connectivity index (χ4n) is 3.94. The summed E-state index contributed by atoms with van der Waals surface area (Å²) in [6.45, 7) is 7.34. The molecule has 4 aromatic rings. The van der Waals surface area contributed by atoms with Gasteiger partial charge in [0.15, 0.2) is 5.82 Å². The van der Waals surface area contributed by atoms with E-state index < -0.39 is 17.6 Å². The van der Waals surface area contributed by atoms with Crippen molar-refractivity contribution in [2.24, 2.45) is 0 Å². The van der Waals surface area contributed by atoms with Gasteiger partial charge in [-0.2, -0.15) is 0 Å². The van der Waals surface area contributed by atoms with Gasteiger partial charge in [0.1, 0.15) is 28.5 Å². The van der Waals surface area contributed by atoms with Gasteiger partial charge in [-0.05, 0) is 39.0 Å². The van der Waals surface area contributed by atoms with Crippen LogP contribution >= 0.6 is 11.6 Å². The number of aromatic nitrogens is 3. The Morgan fingerprint density at radius 1 is 1.24 bits per heavy atom. The average molecular weight is 482 g/mol. The van der Waals surface area contributed by atoms with Crippen LogP contribution in [0.2, 0.25) is 5.02 Å². The topological polar surface area (TPSA) is 94.5 Å². The molecule has 1 atom stereocenters. The maximum atomic E-state index is 15.3. The van der Waals surface area contributed by atoms with Crippen molar-refractivity contribution in [3.63, 3.8) is 0 Å². The van der Waals surface area contributed by atoms with Crippen LogP contribution in [0.4, 0.5) is 15.9 Å². The number of imidazole rings is 1. The highest BCUT2D eigenvalue weighted by molar-refractivity contribution is 6.31. The lowest BCUT2D eigenvalue weighted by molar-refractivity contribution is 0.101. The van der Waals surface area contributed by atoms with E-state index in [0.29, 0.717) is 34.1 Å². The summed E-state index contributed by atoms with van der Waals surface area (Å²) in [7, 11) is 0. The van der Waals surface area contributed by atoms with Crippen LogP contribution in [0, 0.1) is 12.7 Å². The number of ether oxygens (including phenoxy) is 1. The lowest BCUT2D eigenvalue weighted by atomic mass is 9.95. The number of nitrogens with two attached hydrogens (primary N) is 1. The second kappa shape index (κ2) is 9.30. The van der Waals surface area contributed by atoms with Crippen molar-refractivity contribution in [1.82, 2.24) is 14.4 Å². The first-order chi connectivity index (χ1) is 16.2. The number of hydrogen-bond acceptors (Lipinski definition) is 5. The number of amides is 1. The molecule has 0 spiro atoms. The van der Waals surface area contributed by atoms with E-state index >= 15 is 4.39 Å². The van der Waals surface area contributed by atoms with Crippen molar-refractivity contribution in [3.8, 4) is 5.75 Å². The minimum Gasteiger partial charge on any atom is -0.490 e. The normalized spacial score (nSPS) is 12.2. The number of nitrogens with one attached hydrogen (secondary N) is 1. The van der Waals surface area contributed by atoms with Crippen LogP contribution in [0.3, 0.4) is 0 Å². The molecule has 0 fully saturated rings. The van der Waals surface area contributed by atoms with E-state index in [1.54, 1.807) is 50.5 Å². The molecule has 1 unspecified atom stereocenters. The predicted octanol–water partition coefficient (Wildman–Crippen LogP) is 5.60. The molecular formula is C25H25ClFN5O2. The Kier molecular flexibility index (Phi) is 6.43. The fourth-order valence-corrected chi connectivity index (χ4v) is 4.16. The number of carbonyl (C=O) groups excluding carboxylic acids is 1. The highest BCUT2D eigenvalue weighted by Crippen LogP contribution is 2.40. The number of fused-ring (bicyclic) bond motifs is 1. The van der Waals surface area contributed by atoms with Crippen molar-refractivity contribution in [2.75, 3.05) is 11.1 Å². The zero-order valence-corrected chi connectivity index (χ0v) is 20.0. The van der Waals surface area contributed by atoms with Crippen molar-refractivity contribution in [3.05, 3.63) is 82.3 Å². The van der Waals surface area contributed by atoms with Crippen LogP contribution in [0.15, 0.2) is 48.8 Å². The lowest BCUT2D eigenvalue weighted by Gasteiger charge is -2.22. The molecule has 0 radical (unpaired) electrons. The zero-order chi connectivity index (χ0) is 24.6. The van der Waals surface area contributed by atoms with Crippen LogP contribution in [0.5, 0.6) is 5.75 Å². The Balaban J connectivity index is 1.89. The molecule has 0 aliphatic carbocycles. The van der Waals surface area contributed by atoms with Crippen molar-refractivity contribution >= 4 is 34.5 Å². The third-order valence-corrected chi connectivity index (χ3v) is 5.73. The van der Waals surface area contributed by atoms with E-state index in [1.165, 1.54) is 6.07 Å². The van der Waals surface area contributed by atoms with Crippen molar-refractivity contribution < 1.29 is 13.9 Å². The second-order valence-corrected chi connectivity index (χ2v) is 8.67. The minimum absolute atomic E-state index is 0.120. The van der Waals surface area contributed by atoms with Crippen molar-refractivity contribution in [2.45, 2.75) is 39.7 Å². The number of anilines is 2. The van der Waals surface area contributed by atoms with Crippen LogP contribution < -0.4 is 15.8 Å². The molecule has 2 aromatic carbocycles. The van der Waals surface area contributed by atoms with Gasteiger partial charge in [-0.15, -0.1) is 0 Å². The molecule has 0 saturated heterocycles. The fraction of sp³-hybridized carbons (Fsp3) is 0.240. The van der Waals surface area contributed by atoms with E-state index in [0.717, 1.165) is 0 Å². The summed E-state index contributed by atoms with van der Waals surface area (Å²) in [5.74, 6) is -0.823. The summed E-state index contributed by atoms with van der Waals surface area (Å²) in [6.07, 6.45) is 3.02. The Morgan fingerprint density at radius 3 is 2.62 bits per heavy atom. The molecule has 176 valence electrons. The average Bonchev–Trinajstić information content (AvgIpc) is 3.13. The number of benzene rings is 2. The smallest absolute Gasteiger partial charge is 0.262 e. The van der Waals surface area contributed by atoms with Gasteiger partial charge < -0.3 is 15.8 Å². The summed E-state index contributed by atoms with van der Waals surface area (Å²) in [4.78, 5) is 22.1. The minimum atomic E-state index is -0.848. The molecule has 34 heavy (non-hydrogen) atoms. The van der Waals surface area contributed by atoms with Crippen LogP contribution in [0.1, 0.15) is 54.1 Å². The zero-order valence-electron chi connectivity index (χ0n) is 19.3. The lowest BCUT2D eigenvalue weighted by Crippen LogP contribution is -2.20. The molecule has 9 heteroatoms. The van der Waals surface area contributed by atoms with E-state index in [9.17, 15) is 4.79 Å². The summed E-state index contributed by atoms with van der Waals surface area (Å²) in [6, 6.07) is 10.3. The molecule has 3 N–H and O–H groups in total. The second-order valence-electron chi connectivity index (χ2n) is 8.26. The maximum absolute atomic E-state index is 15.3. The molecule has 7 nitrogen and oxygen atoms in total. The number of halogens is 2. The first kappa shape index (κ1) is 23.5. The summed E-state index contributed by atoms with van der Waals surface area (Å²) in [5.41, 5.74) is 8.25. The SMILES string of the molecule is Cc1nc(C(C)c2cc(Cl)c(F)c(C(=O)Nc3ccccc3)c2OC(C)C)n2ccnc(N)c12. The Labute approximate surface area is 201 Å². The van der Waals surface area contributed by atoms with Gasteiger partial charge >= 0.3 is 0 Å². The largest absolute Gasteiger partial charge is 0.490 e. The van der Waals surface area contributed by atoms with E-state index in [2.05, 4.69) is 10.3 Å². The van der Waals surface area contributed by atoms with Crippen LogP contribution in [0.25, 0.3) is 5.52 Å². The number of aryl methyl sites for hydroxylation is 1. The Bertz CT molecular complexity index is 1370. The Hall–Kier alpha value is -3.65. The standard InChI is InChI=1S/C25H25ClFN5O2/c1-13(2)34-22-17(14(3)24-30-15(4)21-23(28)29-10-11-32(21)24)12-18(26)20(27)19(22)25(33)31-16-8-6-5-7-9-16/h5-14H,1-4H3,(H2,28,29)(H,31,33). The molecule has 0 saturated carbocycles. The van der Waals surface area contributed by atoms with Gasteiger partial charge in [0.25, 0.3) is 5.91 Å². The van der Waals surface area contributed by atoms with Gasteiger partial charge in [-0.1, -0.05) is 36.7 Å². The van der Waals surface area contributed by atoms with Gasteiger partial charge in [-0.3, -0.25) is 9.20 Å². The highest BCUT2D eigenvalue weighted by Gasteiger charge is 2.30. The quantitative estimate of drug-likeness (QED) is 0.373. The first-order valence-electron chi connectivity index (χ1n) is 10.8. The molecule has 4 rings (SSSR count). The number of nitrogen functional groups attached to an aromatic ring is 1. The Morgan fingerprint density at radius 2 is 1.94 bits per heavy atom. The molecule has 0 bridgehead atoms. The van der Waals surface area contributed by atoms with Gasteiger partial charge in [0.05, 0.1) is 16.8 Å². The predicted molar refractivity (Wildman–Crippen MR) is 131 cm³/mol. The first-order valence-corrected chi connectivity index (χ1v) is 11.2. The monoisotopic (exact) mass is 481 g/mol. The third kappa shape index (κ3) is 4.28. The highest BCUT2D eigenvalue weighted by atomic mass is 35.5. The number of hydrogen-bond donors (Lipinski definition) is 2. The van der Waals surface area contributed by atoms with E-state index in [4.69, 9.17) is 27.1 Å². The number of carbonyl (C=O) groups is 1. The maximum Gasteiger partial charge on any atom is 0.262 e. The molecular weight excluding hydrogens is 457 g/mol. The van der Waals surface area contributed by atoms with Crippen LogP contribution in [-0.2, 0) is 0 Å². The van der Waals surface area contributed by atoms with Crippen LogP contribution in [-0.4, -0.2) is 26.4 Å². The summed E-state index contributed by atoms with van der Waals surface area (Å²) >= 11 is 6.29. The number of rotatable bonds is 6.